The summed E-state index contributed by atoms with van der Waals surface area (Å²) in [6, 6.07) is 0. The van der Waals surface area contributed by atoms with Gasteiger partial charge in [-0.05, 0) is 64.2 Å². The zero-order valence-corrected chi connectivity index (χ0v) is 33.9. The summed E-state index contributed by atoms with van der Waals surface area (Å²) in [5, 5.41) is 0. The molecule has 0 fully saturated rings. The van der Waals surface area contributed by atoms with Crippen molar-refractivity contribution in [3.63, 3.8) is 0 Å². The first-order chi connectivity index (χ1) is 25.8. The van der Waals surface area contributed by atoms with E-state index in [0.717, 1.165) is 89.2 Å². The van der Waals surface area contributed by atoms with Crippen LogP contribution in [0.2, 0.25) is 0 Å². The van der Waals surface area contributed by atoms with Crippen LogP contribution in [0.1, 0.15) is 194 Å². The molecule has 0 N–H and O–H groups in total. The summed E-state index contributed by atoms with van der Waals surface area (Å²) < 4.78 is 21.5. The smallest absolute Gasteiger partial charge is 0.330 e. The Morgan fingerprint density at radius 2 is 0.717 bits per heavy atom. The Hall–Kier alpha value is -3.16. The van der Waals surface area contributed by atoms with Gasteiger partial charge in [0.15, 0.2) is 13.2 Å². The number of hydrogen-bond donors (Lipinski definition) is 0. The lowest BCUT2D eigenvalue weighted by Gasteiger charge is -2.31. The molecule has 0 amide bonds. The molecule has 0 aliphatic heterocycles. The second kappa shape index (κ2) is 37.2. The van der Waals surface area contributed by atoms with E-state index in [9.17, 15) is 19.2 Å². The molecule has 0 saturated heterocycles. The largest absolute Gasteiger partial charge is 0.454 e. The highest BCUT2D eigenvalue weighted by Crippen LogP contribution is 2.21. The van der Waals surface area contributed by atoms with E-state index in [1.165, 1.54) is 77.0 Å². The van der Waals surface area contributed by atoms with Gasteiger partial charge in [-0.1, -0.05) is 154 Å². The average molecular weight is 745 g/mol. The van der Waals surface area contributed by atoms with Crippen LogP contribution in [0.15, 0.2) is 49.6 Å². The molecule has 304 valence electrons. The molecule has 0 bridgehead atoms. The van der Waals surface area contributed by atoms with Gasteiger partial charge in [-0.2, -0.15) is 0 Å². The summed E-state index contributed by atoms with van der Waals surface area (Å²) in [5.74, 6) is -4.99. The summed E-state index contributed by atoms with van der Waals surface area (Å²) in [5.41, 5.74) is 0. The van der Waals surface area contributed by atoms with Crippen molar-refractivity contribution in [2.24, 2.45) is 0 Å². The van der Waals surface area contributed by atoms with Crippen LogP contribution in [0.3, 0.4) is 0 Å². The van der Waals surface area contributed by atoms with E-state index in [2.05, 4.69) is 51.3 Å². The molecule has 0 rings (SSSR count). The van der Waals surface area contributed by atoms with E-state index in [1.807, 2.05) is 0 Å². The molecule has 8 heteroatoms. The van der Waals surface area contributed by atoms with Crippen LogP contribution in [0.4, 0.5) is 0 Å². The van der Waals surface area contributed by atoms with Crippen LogP contribution in [0.25, 0.3) is 0 Å². The van der Waals surface area contributed by atoms with Gasteiger partial charge in [0.1, 0.15) is 0 Å². The Morgan fingerprint density at radius 3 is 1.02 bits per heavy atom. The zero-order chi connectivity index (χ0) is 39.1. The van der Waals surface area contributed by atoms with Crippen molar-refractivity contribution in [3.05, 3.63) is 49.6 Å². The number of unbranched alkanes of at least 4 members (excludes halogenated alkanes) is 22. The van der Waals surface area contributed by atoms with Gasteiger partial charge >= 0.3 is 29.7 Å². The summed E-state index contributed by atoms with van der Waals surface area (Å²) in [4.78, 5) is 49.8. The predicted octanol–water partition coefficient (Wildman–Crippen LogP) is 12.3. The molecule has 0 saturated carbocycles. The van der Waals surface area contributed by atoms with E-state index >= 15 is 0 Å². The molecular weight excluding hydrogens is 668 g/mol. The number of carbonyl (C=O) groups excluding carboxylic acids is 4. The van der Waals surface area contributed by atoms with E-state index in [4.69, 9.17) is 18.9 Å². The molecule has 8 nitrogen and oxygen atoms in total. The normalized spacial score (nSPS) is 11.5. The molecule has 0 aliphatic carbocycles. The van der Waals surface area contributed by atoms with Gasteiger partial charge in [0.2, 0.25) is 0 Å². The first kappa shape index (κ1) is 49.8. The van der Waals surface area contributed by atoms with Gasteiger partial charge in [-0.15, -0.1) is 0 Å². The molecule has 0 aliphatic rings. The third-order valence-electron chi connectivity index (χ3n) is 9.09. The van der Waals surface area contributed by atoms with Crippen molar-refractivity contribution < 1.29 is 38.1 Å². The quantitative estimate of drug-likeness (QED) is 0.0154. The molecule has 0 atom stereocenters. The number of esters is 4. The predicted molar refractivity (Wildman–Crippen MR) is 216 cm³/mol. The van der Waals surface area contributed by atoms with Crippen LogP contribution in [-0.2, 0) is 38.1 Å². The van der Waals surface area contributed by atoms with Crippen molar-refractivity contribution in [2.75, 3.05) is 13.2 Å². The Morgan fingerprint density at radius 1 is 0.434 bits per heavy atom. The van der Waals surface area contributed by atoms with Crippen LogP contribution in [-0.4, -0.2) is 42.9 Å². The second-order valence-corrected chi connectivity index (χ2v) is 14.2. The first-order valence-corrected chi connectivity index (χ1v) is 21.1. The van der Waals surface area contributed by atoms with Gasteiger partial charge in [-0.3, -0.25) is 9.59 Å². The lowest BCUT2D eigenvalue weighted by atomic mass is 10.1. The second-order valence-electron chi connectivity index (χ2n) is 14.2. The summed E-state index contributed by atoms with van der Waals surface area (Å²) in [7, 11) is 0. The van der Waals surface area contributed by atoms with Crippen LogP contribution >= 0.6 is 0 Å². The van der Waals surface area contributed by atoms with Crippen LogP contribution in [0, 0.1) is 0 Å². The Kier molecular flexibility index (Phi) is 35.0. The maximum absolute atomic E-state index is 13.0. The van der Waals surface area contributed by atoms with E-state index < -0.39 is 42.9 Å². The highest BCUT2D eigenvalue weighted by molar-refractivity contribution is 5.82. The van der Waals surface area contributed by atoms with Crippen molar-refractivity contribution in [1.82, 2.24) is 0 Å². The Balaban J connectivity index is 4.68. The standard InChI is InChI=1S/C45H76O8/c1-5-9-11-13-15-17-19-21-23-25-27-29-31-33-35-37-43(48)52-45(39-50-41(46)7-3,40-51-42(47)8-4)53-44(49)38-36-34-32-30-28-26-24-22-20-18-16-14-12-10-6-2/h7-8,21-24H,3-6,9-20,25-40H2,1-2H3/b23-21-,24-22-. The molecule has 0 aromatic heterocycles. The number of carbonyl (C=O) groups is 4. The third kappa shape index (κ3) is 33.2. The average Bonchev–Trinajstić information content (AvgIpc) is 3.15. The summed E-state index contributed by atoms with van der Waals surface area (Å²) >= 11 is 0. The van der Waals surface area contributed by atoms with Crippen LogP contribution in [0.5, 0.6) is 0 Å². The summed E-state index contributed by atoms with van der Waals surface area (Å²) in [6.45, 7) is 9.97. The number of allylic oxidation sites excluding steroid dienone is 4. The van der Waals surface area contributed by atoms with Gasteiger partial charge in [0, 0.05) is 25.0 Å². The van der Waals surface area contributed by atoms with Gasteiger partial charge in [-0.25, -0.2) is 9.59 Å². The number of ether oxygens (including phenoxy) is 4. The van der Waals surface area contributed by atoms with Crippen LogP contribution < -0.4 is 0 Å². The minimum absolute atomic E-state index is 0.0799. The Labute approximate surface area is 323 Å². The molecule has 0 heterocycles. The molecule has 0 aromatic carbocycles. The maximum Gasteiger partial charge on any atom is 0.330 e. The maximum atomic E-state index is 13.0. The van der Waals surface area contributed by atoms with Gasteiger partial charge in [0.05, 0.1) is 0 Å². The Bertz CT molecular complexity index is 934. The topological polar surface area (TPSA) is 105 Å². The fraction of sp³-hybridized carbons (Fsp3) is 0.733. The molecule has 53 heavy (non-hydrogen) atoms. The zero-order valence-electron chi connectivity index (χ0n) is 33.9. The van der Waals surface area contributed by atoms with E-state index in [1.54, 1.807) is 0 Å². The van der Waals surface area contributed by atoms with Gasteiger partial charge in [0.25, 0.3) is 0 Å². The van der Waals surface area contributed by atoms with E-state index in [-0.39, 0.29) is 12.8 Å². The SMILES string of the molecule is C=CC(=O)OCC(COC(=O)C=C)(OC(=O)CCCCCCC/C=C\CCCCCCCC)OC(=O)CCCCCCC/C=C\CCCCCCCC. The molecule has 0 unspecified atom stereocenters. The molecular formula is C45H76O8. The number of rotatable bonds is 38. The van der Waals surface area contributed by atoms with Gasteiger partial charge < -0.3 is 18.9 Å². The highest BCUT2D eigenvalue weighted by Gasteiger charge is 2.42. The lowest BCUT2D eigenvalue weighted by Crippen LogP contribution is -2.49. The monoisotopic (exact) mass is 745 g/mol. The lowest BCUT2D eigenvalue weighted by molar-refractivity contribution is -0.257. The fourth-order valence-electron chi connectivity index (χ4n) is 5.86. The van der Waals surface area contributed by atoms with Crippen molar-refractivity contribution >= 4 is 23.9 Å². The summed E-state index contributed by atoms with van der Waals surface area (Å²) in [6.07, 6.45) is 40.6. The van der Waals surface area contributed by atoms with Crippen molar-refractivity contribution in [1.29, 1.82) is 0 Å². The highest BCUT2D eigenvalue weighted by atomic mass is 16.8. The molecule has 0 radical (unpaired) electrons. The van der Waals surface area contributed by atoms with Crippen molar-refractivity contribution in [2.45, 2.75) is 199 Å². The van der Waals surface area contributed by atoms with Crippen molar-refractivity contribution in [3.8, 4) is 0 Å². The fourth-order valence-corrected chi connectivity index (χ4v) is 5.86. The molecule has 0 aromatic rings. The minimum atomic E-state index is -2.12. The minimum Gasteiger partial charge on any atom is -0.454 e. The number of hydrogen-bond acceptors (Lipinski definition) is 8. The first-order valence-electron chi connectivity index (χ1n) is 21.1. The molecule has 0 spiro atoms. The van der Waals surface area contributed by atoms with E-state index in [0.29, 0.717) is 12.8 Å². The third-order valence-corrected chi connectivity index (χ3v) is 9.09.